The summed E-state index contributed by atoms with van der Waals surface area (Å²) in [6.07, 6.45) is 6.27. The number of rotatable bonds is 20. The summed E-state index contributed by atoms with van der Waals surface area (Å²) in [7, 11) is 0. The van der Waals surface area contributed by atoms with Gasteiger partial charge in [0, 0.05) is 48.0 Å². The molecule has 0 spiro atoms. The molecule has 7 heteroatoms. The van der Waals surface area contributed by atoms with Crippen molar-refractivity contribution in [3.8, 4) is 0 Å². The minimum absolute atomic E-state index is 0.289. The van der Waals surface area contributed by atoms with Crippen molar-refractivity contribution in [1.29, 1.82) is 0 Å². The fourth-order valence-electron chi connectivity index (χ4n) is 5.66. The summed E-state index contributed by atoms with van der Waals surface area (Å²) in [4.78, 5) is 1.25. The van der Waals surface area contributed by atoms with Crippen molar-refractivity contribution in [2.24, 2.45) is 0 Å². The highest BCUT2D eigenvalue weighted by Gasteiger charge is 2.49. The van der Waals surface area contributed by atoms with Crippen molar-refractivity contribution in [3.63, 3.8) is 0 Å². The SMILES string of the molecule is CCCCOC[C@H]1O[C@@H](c2cc(Cc3cc4ccccc4s3)ccc2F)[C@H](OCCCC)[C@@H](OCCCC)[C@@H]1OCCCC. The number of hydrogen-bond donors (Lipinski definition) is 0. The maximum atomic E-state index is 15.8. The standard InChI is InChI=1S/C37H53FO5S/c1-5-9-19-39-26-32-35(40-20-10-6-2)37(42-22-12-8-4)36(41-21-11-7-3)34(43-32)30-24-27(17-18-31(30)38)23-29-25-28-15-13-14-16-33(28)44-29/h13-18,24-25,32,34-37H,5-12,19-23,26H2,1-4H3/t32-,34+,35-,36+,37+/m1/s1. The lowest BCUT2D eigenvalue weighted by atomic mass is 9.89. The molecule has 0 bridgehead atoms. The summed E-state index contributed by atoms with van der Waals surface area (Å²) < 4.78 is 49.7. The normalized spacial score (nSPS) is 22.2. The van der Waals surface area contributed by atoms with Crippen LogP contribution in [-0.2, 0) is 30.1 Å². The summed E-state index contributed by atoms with van der Waals surface area (Å²) in [5, 5.41) is 1.24. The molecule has 1 aliphatic heterocycles. The number of benzene rings is 2. The van der Waals surface area contributed by atoms with Crippen LogP contribution in [0, 0.1) is 5.82 Å². The van der Waals surface area contributed by atoms with Crippen molar-refractivity contribution >= 4 is 21.4 Å². The van der Waals surface area contributed by atoms with Gasteiger partial charge in [0.2, 0.25) is 0 Å². The Bertz CT molecular complexity index is 1200. The van der Waals surface area contributed by atoms with Crippen molar-refractivity contribution in [1.82, 2.24) is 0 Å². The van der Waals surface area contributed by atoms with Crippen molar-refractivity contribution in [2.75, 3.05) is 33.0 Å². The molecule has 1 aliphatic rings. The zero-order valence-electron chi connectivity index (χ0n) is 27.2. The number of hydrogen-bond acceptors (Lipinski definition) is 6. The summed E-state index contributed by atoms with van der Waals surface area (Å²) in [5.41, 5.74) is 1.56. The summed E-state index contributed by atoms with van der Waals surface area (Å²) in [6, 6.07) is 16.1. The molecule has 2 heterocycles. The van der Waals surface area contributed by atoms with Gasteiger partial charge in [0.25, 0.3) is 0 Å². The number of thiophene rings is 1. The van der Waals surface area contributed by atoms with Gasteiger partial charge in [0.15, 0.2) is 0 Å². The molecular weight excluding hydrogens is 575 g/mol. The molecule has 0 amide bonds. The molecule has 0 radical (unpaired) electrons. The van der Waals surface area contributed by atoms with Crippen molar-refractivity contribution in [2.45, 2.75) is 116 Å². The fourth-order valence-corrected chi connectivity index (χ4v) is 6.75. The molecule has 0 N–H and O–H groups in total. The lowest BCUT2D eigenvalue weighted by molar-refractivity contribution is -0.268. The van der Waals surface area contributed by atoms with Gasteiger partial charge in [-0.15, -0.1) is 11.3 Å². The highest BCUT2D eigenvalue weighted by atomic mass is 32.1. The van der Waals surface area contributed by atoms with Crippen LogP contribution in [0.5, 0.6) is 0 Å². The molecule has 5 nitrogen and oxygen atoms in total. The molecule has 44 heavy (non-hydrogen) atoms. The molecule has 2 aromatic carbocycles. The summed E-state index contributed by atoms with van der Waals surface area (Å²) in [5.74, 6) is -0.289. The van der Waals surface area contributed by atoms with Gasteiger partial charge in [0.1, 0.15) is 36.3 Å². The smallest absolute Gasteiger partial charge is 0.129 e. The lowest BCUT2D eigenvalue weighted by Crippen LogP contribution is -2.58. The van der Waals surface area contributed by atoms with Crippen LogP contribution >= 0.6 is 11.3 Å². The largest absolute Gasteiger partial charge is 0.379 e. The van der Waals surface area contributed by atoms with E-state index in [9.17, 15) is 0 Å². The zero-order chi connectivity index (χ0) is 31.1. The maximum absolute atomic E-state index is 15.8. The molecule has 0 unspecified atom stereocenters. The van der Waals surface area contributed by atoms with E-state index in [-0.39, 0.29) is 11.9 Å². The van der Waals surface area contributed by atoms with Crippen LogP contribution in [0.25, 0.3) is 10.1 Å². The van der Waals surface area contributed by atoms with E-state index in [1.54, 1.807) is 17.4 Å². The fraction of sp³-hybridized carbons (Fsp3) is 0.622. The number of halogens is 1. The average Bonchev–Trinajstić information content (AvgIpc) is 3.44. The molecule has 5 atom stereocenters. The number of unbranched alkanes of at least 4 members (excludes halogenated alkanes) is 4. The van der Waals surface area contributed by atoms with Gasteiger partial charge in [-0.05, 0) is 60.9 Å². The van der Waals surface area contributed by atoms with E-state index < -0.39 is 24.4 Å². The summed E-state index contributed by atoms with van der Waals surface area (Å²) >= 11 is 1.78. The highest BCUT2D eigenvalue weighted by Crippen LogP contribution is 2.39. The van der Waals surface area contributed by atoms with E-state index in [0.717, 1.165) is 63.4 Å². The Balaban J connectivity index is 1.68. The Morgan fingerprint density at radius 2 is 1.36 bits per heavy atom. The Kier molecular flexibility index (Phi) is 15.1. The summed E-state index contributed by atoms with van der Waals surface area (Å²) in [6.45, 7) is 11.4. The third-order valence-corrected chi connectivity index (χ3v) is 9.32. The lowest BCUT2D eigenvalue weighted by Gasteiger charge is -2.46. The van der Waals surface area contributed by atoms with Crippen LogP contribution in [0.4, 0.5) is 4.39 Å². The van der Waals surface area contributed by atoms with Gasteiger partial charge in [-0.1, -0.05) is 77.6 Å². The first-order valence-corrected chi connectivity index (χ1v) is 17.7. The Morgan fingerprint density at radius 1 is 0.727 bits per heavy atom. The van der Waals surface area contributed by atoms with Gasteiger partial charge in [0.05, 0.1) is 6.61 Å². The predicted molar refractivity (Wildman–Crippen MR) is 178 cm³/mol. The molecule has 1 saturated heterocycles. The first-order chi connectivity index (χ1) is 21.6. The van der Waals surface area contributed by atoms with Crippen LogP contribution in [0.15, 0.2) is 48.5 Å². The van der Waals surface area contributed by atoms with E-state index in [2.05, 4.69) is 58.0 Å². The molecular formula is C37H53FO5S. The first kappa shape index (κ1) is 35.0. The van der Waals surface area contributed by atoms with Crippen molar-refractivity contribution < 1.29 is 28.1 Å². The second kappa shape index (κ2) is 18.9. The predicted octanol–water partition coefficient (Wildman–Crippen LogP) is 9.44. The zero-order valence-corrected chi connectivity index (χ0v) is 28.0. The maximum Gasteiger partial charge on any atom is 0.129 e. The molecule has 3 aromatic rings. The minimum atomic E-state index is -0.647. The van der Waals surface area contributed by atoms with Crippen molar-refractivity contribution in [3.05, 3.63) is 70.4 Å². The topological polar surface area (TPSA) is 46.2 Å². The second-order valence-corrected chi connectivity index (χ2v) is 13.0. The third kappa shape index (κ3) is 9.81. The van der Waals surface area contributed by atoms with Gasteiger partial charge < -0.3 is 23.7 Å². The van der Waals surface area contributed by atoms with Crippen LogP contribution in [0.3, 0.4) is 0 Å². The quantitative estimate of drug-likeness (QED) is 0.117. The number of fused-ring (bicyclic) bond motifs is 1. The molecule has 1 aromatic heterocycles. The molecule has 1 fully saturated rings. The average molecular weight is 629 g/mol. The Labute approximate surface area is 268 Å². The van der Waals surface area contributed by atoms with Crippen LogP contribution < -0.4 is 0 Å². The van der Waals surface area contributed by atoms with E-state index in [4.69, 9.17) is 23.7 Å². The van der Waals surface area contributed by atoms with Gasteiger partial charge >= 0.3 is 0 Å². The van der Waals surface area contributed by atoms with E-state index in [1.165, 1.54) is 15.0 Å². The minimum Gasteiger partial charge on any atom is -0.379 e. The molecule has 4 rings (SSSR count). The number of ether oxygens (including phenoxy) is 5. The second-order valence-electron chi connectivity index (χ2n) is 11.9. The van der Waals surface area contributed by atoms with Gasteiger partial charge in [-0.2, -0.15) is 0 Å². The molecule has 244 valence electrons. The third-order valence-electron chi connectivity index (χ3n) is 8.20. The monoisotopic (exact) mass is 628 g/mol. The van der Waals surface area contributed by atoms with Crippen LogP contribution in [-0.4, -0.2) is 57.5 Å². The molecule has 0 saturated carbocycles. The Hall–Kier alpha value is -1.87. The van der Waals surface area contributed by atoms with Gasteiger partial charge in [-0.25, -0.2) is 4.39 Å². The van der Waals surface area contributed by atoms with E-state index in [0.29, 0.717) is 38.6 Å². The first-order valence-electron chi connectivity index (χ1n) is 16.9. The van der Waals surface area contributed by atoms with E-state index in [1.807, 2.05) is 12.1 Å². The Morgan fingerprint density at radius 3 is 2.05 bits per heavy atom. The highest BCUT2D eigenvalue weighted by molar-refractivity contribution is 7.19. The van der Waals surface area contributed by atoms with E-state index >= 15 is 4.39 Å². The van der Waals surface area contributed by atoms with Gasteiger partial charge in [-0.3, -0.25) is 0 Å². The molecule has 0 aliphatic carbocycles. The van der Waals surface area contributed by atoms with Crippen LogP contribution in [0.2, 0.25) is 0 Å². The van der Waals surface area contributed by atoms with Crippen LogP contribution in [0.1, 0.15) is 101 Å².